The van der Waals surface area contributed by atoms with Gasteiger partial charge in [0.1, 0.15) is 0 Å². The molecule has 3 amide bonds. The predicted octanol–water partition coefficient (Wildman–Crippen LogP) is 1.09. The van der Waals surface area contributed by atoms with Crippen molar-refractivity contribution in [1.82, 2.24) is 30.0 Å². The van der Waals surface area contributed by atoms with E-state index in [0.29, 0.717) is 44.8 Å². The van der Waals surface area contributed by atoms with Gasteiger partial charge in [0.2, 0.25) is 5.91 Å². The average molecular weight is 424 g/mol. The predicted molar refractivity (Wildman–Crippen MR) is 98.0 cm³/mol. The van der Waals surface area contributed by atoms with Crippen LogP contribution in [0.3, 0.4) is 0 Å². The average Bonchev–Trinajstić information content (AvgIpc) is 3.22. The molecule has 0 radical (unpaired) electrons. The number of hydrogen-bond acceptors (Lipinski definition) is 5. The molecule has 0 bridgehead atoms. The largest absolute Gasteiger partial charge is 0.434 e. The number of amides is 3. The van der Waals surface area contributed by atoms with Crippen molar-refractivity contribution in [2.24, 2.45) is 5.41 Å². The van der Waals surface area contributed by atoms with E-state index in [1.165, 1.54) is 6.20 Å². The van der Waals surface area contributed by atoms with Crippen LogP contribution in [0.5, 0.6) is 0 Å². The zero-order valence-corrected chi connectivity index (χ0v) is 16.4. The summed E-state index contributed by atoms with van der Waals surface area (Å²) in [6.45, 7) is 4.62. The molecule has 30 heavy (non-hydrogen) atoms. The van der Waals surface area contributed by atoms with Gasteiger partial charge in [-0.15, -0.1) is 0 Å². The Morgan fingerprint density at radius 1 is 1.07 bits per heavy atom. The van der Waals surface area contributed by atoms with Crippen LogP contribution in [0.2, 0.25) is 0 Å². The first-order valence-corrected chi connectivity index (χ1v) is 10.1. The zero-order chi connectivity index (χ0) is 21.1. The molecule has 0 aromatic carbocycles. The Morgan fingerprint density at radius 3 is 2.40 bits per heavy atom. The molecule has 162 valence electrons. The van der Waals surface area contributed by atoms with E-state index in [1.807, 2.05) is 4.90 Å². The molecule has 4 aliphatic heterocycles. The molecule has 1 aromatic heterocycles. The summed E-state index contributed by atoms with van der Waals surface area (Å²) in [6.07, 6.45) is -0.242. The standard InChI is InChI=1S/C19H23F3N6O2/c20-19(21,22)14-6-23-13(5-24-14)7-26-4-3-17(8-26)9-27(10-17)16(30)28-11-18(12-28)2-1-15(29)25-18/h5-6H,1-4,7-12H2,(H,25,29). The van der Waals surface area contributed by atoms with Crippen molar-refractivity contribution in [3.63, 3.8) is 0 Å². The van der Waals surface area contributed by atoms with E-state index in [2.05, 4.69) is 20.2 Å². The highest BCUT2D eigenvalue weighted by atomic mass is 19.4. The molecule has 5 heterocycles. The van der Waals surface area contributed by atoms with E-state index >= 15 is 0 Å². The van der Waals surface area contributed by atoms with Gasteiger partial charge >= 0.3 is 12.2 Å². The van der Waals surface area contributed by atoms with Crippen molar-refractivity contribution in [2.75, 3.05) is 39.3 Å². The fraction of sp³-hybridized carbons (Fsp3) is 0.684. The Bertz CT molecular complexity index is 862. The Labute approximate surface area is 171 Å². The molecule has 11 heteroatoms. The van der Waals surface area contributed by atoms with Crippen LogP contribution in [0.1, 0.15) is 30.7 Å². The number of hydrogen-bond donors (Lipinski definition) is 1. The normalized spacial score (nSPS) is 24.8. The van der Waals surface area contributed by atoms with Crippen LogP contribution in [-0.2, 0) is 17.5 Å². The van der Waals surface area contributed by atoms with E-state index in [-0.39, 0.29) is 22.9 Å². The van der Waals surface area contributed by atoms with Gasteiger partial charge in [-0.25, -0.2) is 9.78 Å². The van der Waals surface area contributed by atoms with E-state index in [0.717, 1.165) is 32.1 Å². The van der Waals surface area contributed by atoms with Crippen LogP contribution in [0.15, 0.2) is 12.4 Å². The third-order valence-electron chi connectivity index (χ3n) is 6.71. The Kier molecular flexibility index (Phi) is 4.25. The smallest absolute Gasteiger partial charge is 0.347 e. The molecule has 5 rings (SSSR count). The minimum absolute atomic E-state index is 0.0273. The lowest BCUT2D eigenvalue weighted by Gasteiger charge is -2.54. The van der Waals surface area contributed by atoms with Gasteiger partial charge in [-0.2, -0.15) is 13.2 Å². The van der Waals surface area contributed by atoms with Crippen molar-refractivity contribution < 1.29 is 22.8 Å². The van der Waals surface area contributed by atoms with Gasteiger partial charge in [-0.1, -0.05) is 0 Å². The number of alkyl halides is 3. The molecule has 8 nitrogen and oxygen atoms in total. The molecule has 1 N–H and O–H groups in total. The maximum atomic E-state index is 12.7. The van der Waals surface area contributed by atoms with Crippen LogP contribution >= 0.6 is 0 Å². The van der Waals surface area contributed by atoms with Crippen LogP contribution in [0.25, 0.3) is 0 Å². The lowest BCUT2D eigenvalue weighted by Crippen LogP contribution is -2.72. The van der Waals surface area contributed by atoms with Crippen molar-refractivity contribution in [3.05, 3.63) is 23.8 Å². The van der Waals surface area contributed by atoms with Crippen LogP contribution in [0.4, 0.5) is 18.0 Å². The third kappa shape index (κ3) is 3.38. The number of aromatic nitrogens is 2. The number of rotatable bonds is 2. The maximum absolute atomic E-state index is 12.7. The molecular formula is C19H23F3N6O2. The molecular weight excluding hydrogens is 401 g/mol. The quantitative estimate of drug-likeness (QED) is 0.769. The Balaban J connectivity index is 1.10. The highest BCUT2D eigenvalue weighted by molar-refractivity contribution is 5.82. The SMILES string of the molecule is O=C1CCC2(CN(C(=O)N3CC4(CCN(Cc5cnc(C(F)(F)F)cn5)C4)C3)C2)N1. The fourth-order valence-electron chi connectivity index (χ4n) is 5.16. The zero-order valence-electron chi connectivity index (χ0n) is 16.4. The van der Waals surface area contributed by atoms with Crippen molar-refractivity contribution >= 4 is 11.9 Å². The number of likely N-dealkylation sites (tertiary alicyclic amines) is 3. The Morgan fingerprint density at radius 2 is 1.80 bits per heavy atom. The molecule has 1 aromatic rings. The highest BCUT2D eigenvalue weighted by Crippen LogP contribution is 2.41. The number of halogens is 3. The first-order valence-electron chi connectivity index (χ1n) is 10.1. The van der Waals surface area contributed by atoms with Crippen molar-refractivity contribution in [1.29, 1.82) is 0 Å². The molecule has 4 aliphatic rings. The van der Waals surface area contributed by atoms with E-state index in [9.17, 15) is 22.8 Å². The van der Waals surface area contributed by atoms with Crippen LogP contribution in [0, 0.1) is 5.41 Å². The Hall–Kier alpha value is -2.43. The second-order valence-corrected chi connectivity index (χ2v) is 9.17. The fourth-order valence-corrected chi connectivity index (χ4v) is 5.16. The van der Waals surface area contributed by atoms with Crippen molar-refractivity contribution in [3.8, 4) is 0 Å². The second kappa shape index (κ2) is 6.53. The van der Waals surface area contributed by atoms with Gasteiger partial charge in [0, 0.05) is 51.1 Å². The van der Waals surface area contributed by atoms with Gasteiger partial charge in [0.05, 0.1) is 23.6 Å². The lowest BCUT2D eigenvalue weighted by molar-refractivity contribution is -0.141. The summed E-state index contributed by atoms with van der Waals surface area (Å²) < 4.78 is 37.8. The molecule has 0 saturated carbocycles. The van der Waals surface area contributed by atoms with Crippen LogP contribution < -0.4 is 5.32 Å². The molecule has 0 atom stereocenters. The number of carbonyl (C=O) groups is 2. The molecule has 4 saturated heterocycles. The first-order chi connectivity index (χ1) is 14.2. The maximum Gasteiger partial charge on any atom is 0.434 e. The van der Waals surface area contributed by atoms with E-state index in [4.69, 9.17) is 0 Å². The molecule has 0 unspecified atom stereocenters. The lowest BCUT2D eigenvalue weighted by atomic mass is 9.79. The minimum atomic E-state index is -4.48. The molecule has 4 fully saturated rings. The van der Waals surface area contributed by atoms with Gasteiger partial charge in [0.15, 0.2) is 5.69 Å². The molecule has 0 aliphatic carbocycles. The summed E-state index contributed by atoms with van der Waals surface area (Å²) in [5.41, 5.74) is -0.625. The van der Waals surface area contributed by atoms with Gasteiger partial charge in [0.25, 0.3) is 0 Å². The highest BCUT2D eigenvalue weighted by Gasteiger charge is 2.54. The topological polar surface area (TPSA) is 81.7 Å². The summed E-state index contributed by atoms with van der Waals surface area (Å²) >= 11 is 0. The van der Waals surface area contributed by atoms with Gasteiger partial charge in [-0.05, 0) is 19.4 Å². The van der Waals surface area contributed by atoms with Crippen LogP contribution in [-0.4, -0.2) is 81.4 Å². The summed E-state index contributed by atoms with van der Waals surface area (Å²) in [7, 11) is 0. The number of carbonyl (C=O) groups excluding carboxylic acids is 2. The van der Waals surface area contributed by atoms with Gasteiger partial charge in [-0.3, -0.25) is 14.7 Å². The molecule has 2 spiro atoms. The number of nitrogens with one attached hydrogen (secondary N) is 1. The third-order valence-corrected chi connectivity index (χ3v) is 6.71. The monoisotopic (exact) mass is 424 g/mol. The minimum Gasteiger partial charge on any atom is -0.347 e. The summed E-state index contributed by atoms with van der Waals surface area (Å²) in [5.74, 6) is 0.0637. The van der Waals surface area contributed by atoms with E-state index in [1.54, 1.807) is 4.90 Å². The van der Waals surface area contributed by atoms with E-state index < -0.39 is 11.9 Å². The number of urea groups is 1. The first kappa shape index (κ1) is 19.5. The summed E-state index contributed by atoms with van der Waals surface area (Å²) in [5, 5.41) is 2.98. The number of nitrogens with zero attached hydrogens (tertiary/aromatic N) is 5. The summed E-state index contributed by atoms with van der Waals surface area (Å²) in [4.78, 5) is 37.3. The van der Waals surface area contributed by atoms with Crippen molar-refractivity contribution in [2.45, 2.75) is 37.5 Å². The van der Waals surface area contributed by atoms with Gasteiger partial charge < -0.3 is 15.1 Å². The summed E-state index contributed by atoms with van der Waals surface area (Å²) in [6, 6.07) is 0.0273. The second-order valence-electron chi connectivity index (χ2n) is 9.17.